The largest absolute Gasteiger partial charge is 0.355 e. The predicted octanol–water partition coefficient (Wildman–Crippen LogP) is 11.1. The van der Waals surface area contributed by atoms with Gasteiger partial charge in [0.25, 0.3) is 0 Å². The Morgan fingerprint density at radius 1 is 0.480 bits per heavy atom. The van der Waals surface area contributed by atoms with E-state index in [9.17, 15) is 0 Å². The monoisotopic (exact) mass is 692 g/mol. The first kappa shape index (κ1) is 31.4. The van der Waals surface area contributed by atoms with Crippen molar-refractivity contribution in [1.82, 2.24) is 19.5 Å². The van der Waals surface area contributed by atoms with Crippen LogP contribution in [0.5, 0.6) is 0 Å². The second kappa shape index (κ2) is 13.2. The summed E-state index contributed by atoms with van der Waals surface area (Å²) in [6.07, 6.45) is 6.40. The molecule has 0 saturated carbocycles. The van der Waals surface area contributed by atoms with E-state index in [0.29, 0.717) is 0 Å². The van der Waals surface area contributed by atoms with Gasteiger partial charge in [0.15, 0.2) is 0 Å². The molecule has 0 amide bonds. The topological polar surface area (TPSA) is 46.5 Å². The molecule has 0 radical (unpaired) electrons. The molecule has 8 bridgehead atoms. The van der Waals surface area contributed by atoms with Gasteiger partial charge in [-0.3, -0.25) is 0 Å². The zero-order valence-corrected chi connectivity index (χ0v) is 30.7. The average Bonchev–Trinajstić information content (AvgIpc) is 3.95. The van der Waals surface area contributed by atoms with Crippen LogP contribution in [0.3, 0.4) is 0 Å². The second-order valence-corrected chi connectivity index (χ2v) is 12.4. The number of fused-ring (bicyclic) bond motifs is 8. The van der Waals surface area contributed by atoms with E-state index in [4.69, 9.17) is 9.97 Å². The predicted molar refractivity (Wildman–Crippen MR) is 204 cm³/mol. The molecule has 234 valence electrons. The number of aromatic amines is 1. The van der Waals surface area contributed by atoms with Gasteiger partial charge in [-0.2, -0.15) is 0 Å². The first-order valence-corrected chi connectivity index (χ1v) is 16.6. The number of nitrogens with one attached hydrogen (secondary N) is 1. The number of aryl methyl sites for hydroxylation is 1. The van der Waals surface area contributed by atoms with Crippen LogP contribution >= 0.6 is 0 Å². The first-order chi connectivity index (χ1) is 24.2. The Hall–Kier alpha value is -5.90. The van der Waals surface area contributed by atoms with Gasteiger partial charge in [0, 0.05) is 59.8 Å². The molecule has 2 aliphatic heterocycles. The first-order valence-electron chi connectivity index (χ1n) is 16.6. The van der Waals surface area contributed by atoms with Gasteiger partial charge < -0.3 is 9.55 Å². The number of benzene rings is 4. The maximum atomic E-state index is 5.47. The van der Waals surface area contributed by atoms with E-state index in [-0.39, 0.29) is 19.5 Å². The Bertz CT molecular complexity index is 2580. The van der Waals surface area contributed by atoms with E-state index in [1.54, 1.807) is 0 Å². The molecule has 4 aromatic carbocycles. The summed E-state index contributed by atoms with van der Waals surface area (Å²) in [6, 6.07) is 53.4. The number of nitrogens with zero attached hydrogens (tertiary/aromatic N) is 3. The molecule has 0 atom stereocenters. The number of hydrogen-bond acceptors (Lipinski definition) is 2. The third-order valence-corrected chi connectivity index (χ3v) is 9.28. The maximum Gasteiger partial charge on any atom is 0.0815 e. The summed E-state index contributed by atoms with van der Waals surface area (Å²) < 4.78 is 2.35. The summed E-state index contributed by atoms with van der Waals surface area (Å²) >= 11 is 0. The van der Waals surface area contributed by atoms with E-state index in [2.05, 4.69) is 186 Å². The molecule has 0 fully saturated rings. The van der Waals surface area contributed by atoms with Gasteiger partial charge in [0.1, 0.15) is 0 Å². The molecular weight excluding hydrogens is 662 g/mol. The van der Waals surface area contributed by atoms with Crippen LogP contribution in [0.1, 0.15) is 28.3 Å². The minimum absolute atomic E-state index is 0. The fourth-order valence-corrected chi connectivity index (χ4v) is 7.09. The van der Waals surface area contributed by atoms with Gasteiger partial charge in [0.05, 0.1) is 33.8 Å². The molecule has 3 aromatic heterocycles. The third-order valence-electron chi connectivity index (χ3n) is 9.28. The molecular formula is C45H32N4Zn. The van der Waals surface area contributed by atoms with Gasteiger partial charge in [-0.05, 0) is 70.8 Å². The average molecular weight is 694 g/mol. The van der Waals surface area contributed by atoms with Crippen LogP contribution in [0.15, 0.2) is 152 Å². The van der Waals surface area contributed by atoms with Crippen molar-refractivity contribution in [2.75, 3.05) is 0 Å². The van der Waals surface area contributed by atoms with E-state index in [1.807, 2.05) is 0 Å². The molecule has 2 aliphatic rings. The summed E-state index contributed by atoms with van der Waals surface area (Å²) in [5, 5.41) is 0. The third kappa shape index (κ3) is 5.66. The Morgan fingerprint density at radius 2 is 0.960 bits per heavy atom. The summed E-state index contributed by atoms with van der Waals surface area (Å²) in [7, 11) is 2.18. The van der Waals surface area contributed by atoms with Crippen LogP contribution < -0.4 is 0 Å². The molecule has 1 N–H and O–H groups in total. The molecule has 5 heterocycles. The minimum Gasteiger partial charge on any atom is -0.355 e. The van der Waals surface area contributed by atoms with Crippen molar-refractivity contribution in [2.24, 2.45) is 7.05 Å². The number of hydrogen-bond donors (Lipinski definition) is 1. The Morgan fingerprint density at radius 3 is 1.54 bits per heavy atom. The Balaban J connectivity index is 0.00000361. The minimum atomic E-state index is 0. The van der Waals surface area contributed by atoms with Gasteiger partial charge in [-0.1, -0.05) is 121 Å². The number of H-pyrrole nitrogens is 1. The van der Waals surface area contributed by atoms with Crippen LogP contribution in [0, 0.1) is 0 Å². The van der Waals surface area contributed by atoms with E-state index in [1.165, 1.54) is 0 Å². The van der Waals surface area contributed by atoms with Gasteiger partial charge in [-0.15, -0.1) is 0 Å². The summed E-state index contributed by atoms with van der Waals surface area (Å²) in [6.45, 7) is 0. The van der Waals surface area contributed by atoms with Crippen LogP contribution in [0.4, 0.5) is 0 Å². The smallest absolute Gasteiger partial charge is 0.0815 e. The van der Waals surface area contributed by atoms with Gasteiger partial charge in [0.2, 0.25) is 0 Å². The molecule has 9 rings (SSSR count). The van der Waals surface area contributed by atoms with Crippen LogP contribution in [0.2, 0.25) is 0 Å². The molecule has 5 heteroatoms. The Kier molecular flexibility index (Phi) is 8.28. The van der Waals surface area contributed by atoms with Gasteiger partial charge in [-0.25, -0.2) is 9.97 Å². The fraction of sp³-hybridized carbons (Fsp3) is 0.0222. The SMILES string of the molecule is Cn1c2cc3nc(cc4ccc(cc5nc(c(-c6ccccc6)c1c(-c1ccccc1)c2-c1ccccc1)C(c1ccccc1)=C5)[nH]4)C=C3.[Zn]. The van der Waals surface area contributed by atoms with Crippen molar-refractivity contribution >= 4 is 45.9 Å². The maximum absolute atomic E-state index is 5.47. The standard InChI is InChI=1S/C45H32N4.Zn/c1-49-40-29-37-25-24-35(47-37)26-34-22-23-36(46-34)27-38-28-39(30-14-6-2-7-15-30)44(48-38)43(33-20-12-5-13-21-33)45(49)42(32-18-10-4-11-19-32)41(40)31-16-8-3-9-17-31;/h2-29,46H,1H3;. The van der Waals surface area contributed by atoms with Crippen molar-refractivity contribution in [3.05, 3.63) is 180 Å². The quantitative estimate of drug-likeness (QED) is 0.187. The fourth-order valence-electron chi connectivity index (χ4n) is 7.09. The van der Waals surface area contributed by atoms with E-state index >= 15 is 0 Å². The Labute approximate surface area is 303 Å². The zero-order valence-electron chi connectivity index (χ0n) is 27.7. The number of aromatic nitrogens is 4. The second-order valence-electron chi connectivity index (χ2n) is 12.4. The van der Waals surface area contributed by atoms with Gasteiger partial charge >= 0.3 is 0 Å². The molecule has 0 spiro atoms. The van der Waals surface area contributed by atoms with E-state index < -0.39 is 0 Å². The molecule has 0 aliphatic carbocycles. The normalized spacial score (nSPS) is 12.0. The molecule has 0 unspecified atom stereocenters. The van der Waals surface area contributed by atoms with Crippen molar-refractivity contribution in [3.63, 3.8) is 0 Å². The van der Waals surface area contributed by atoms with E-state index in [0.717, 1.165) is 89.4 Å². The van der Waals surface area contributed by atoms with Crippen LogP contribution in [-0.2, 0) is 26.5 Å². The van der Waals surface area contributed by atoms with Crippen LogP contribution in [-0.4, -0.2) is 19.5 Å². The molecule has 7 aromatic rings. The van der Waals surface area contributed by atoms with Crippen LogP contribution in [0.25, 0.3) is 79.2 Å². The summed E-state index contributed by atoms with van der Waals surface area (Å²) in [5.41, 5.74) is 16.8. The van der Waals surface area contributed by atoms with Crippen molar-refractivity contribution in [3.8, 4) is 33.4 Å². The summed E-state index contributed by atoms with van der Waals surface area (Å²) in [5.74, 6) is 0. The number of rotatable bonds is 4. The van der Waals surface area contributed by atoms with Crippen molar-refractivity contribution in [2.45, 2.75) is 0 Å². The zero-order chi connectivity index (χ0) is 32.7. The molecule has 0 saturated heterocycles. The molecule has 50 heavy (non-hydrogen) atoms. The van der Waals surface area contributed by atoms with Crippen molar-refractivity contribution in [1.29, 1.82) is 0 Å². The summed E-state index contributed by atoms with van der Waals surface area (Å²) in [4.78, 5) is 14.1. The van der Waals surface area contributed by atoms with Crippen molar-refractivity contribution < 1.29 is 19.5 Å². The molecule has 4 nitrogen and oxygen atoms in total.